The SMILES string of the molecule is Cc1ccc(Cn2c(=O)c3c(nc4oc(-c5ccc(Cl)cc5)cn43)n(C)c2=O)cc1. The first-order valence-electron chi connectivity index (χ1n) is 9.35. The van der Waals surface area contributed by atoms with Crippen LogP contribution in [0, 0.1) is 6.92 Å². The van der Waals surface area contributed by atoms with Crippen LogP contribution in [0.15, 0.2) is 68.7 Å². The van der Waals surface area contributed by atoms with Gasteiger partial charge in [0.05, 0.1) is 12.7 Å². The third kappa shape index (κ3) is 2.86. The first-order valence-corrected chi connectivity index (χ1v) is 9.73. The van der Waals surface area contributed by atoms with Crippen LogP contribution in [0.25, 0.3) is 28.3 Å². The van der Waals surface area contributed by atoms with Crippen LogP contribution in [-0.2, 0) is 13.6 Å². The van der Waals surface area contributed by atoms with Crippen LogP contribution in [0.2, 0.25) is 5.02 Å². The van der Waals surface area contributed by atoms with Crippen molar-refractivity contribution in [3.05, 3.63) is 91.7 Å². The lowest BCUT2D eigenvalue weighted by molar-refractivity contribution is 0.610. The Labute approximate surface area is 175 Å². The summed E-state index contributed by atoms with van der Waals surface area (Å²) in [6.07, 6.45) is 1.70. The zero-order valence-corrected chi connectivity index (χ0v) is 17.1. The Balaban J connectivity index is 1.71. The smallest absolute Gasteiger partial charge is 0.332 e. The molecular weight excluding hydrogens is 404 g/mol. The van der Waals surface area contributed by atoms with Gasteiger partial charge in [0.1, 0.15) is 0 Å². The summed E-state index contributed by atoms with van der Waals surface area (Å²) in [5, 5.41) is 0.620. The summed E-state index contributed by atoms with van der Waals surface area (Å²) >= 11 is 5.96. The molecule has 0 aliphatic heterocycles. The van der Waals surface area contributed by atoms with E-state index in [0.717, 1.165) is 16.7 Å². The minimum absolute atomic E-state index is 0.177. The van der Waals surface area contributed by atoms with Gasteiger partial charge < -0.3 is 4.42 Å². The summed E-state index contributed by atoms with van der Waals surface area (Å²) in [7, 11) is 1.60. The fourth-order valence-corrected chi connectivity index (χ4v) is 3.64. The van der Waals surface area contributed by atoms with E-state index in [9.17, 15) is 9.59 Å². The maximum absolute atomic E-state index is 13.3. The number of fused-ring (bicyclic) bond motifs is 3. The van der Waals surface area contributed by atoms with Gasteiger partial charge in [-0.25, -0.2) is 4.79 Å². The summed E-state index contributed by atoms with van der Waals surface area (Å²) in [5.41, 5.74) is 2.53. The maximum atomic E-state index is 13.3. The molecule has 0 fully saturated rings. The zero-order chi connectivity index (χ0) is 21.0. The lowest BCUT2D eigenvalue weighted by Gasteiger charge is -2.08. The van der Waals surface area contributed by atoms with E-state index in [0.29, 0.717) is 16.3 Å². The highest BCUT2D eigenvalue weighted by atomic mass is 35.5. The van der Waals surface area contributed by atoms with Gasteiger partial charge >= 0.3 is 11.5 Å². The Morgan fingerprint density at radius 3 is 2.43 bits per heavy atom. The number of nitrogens with zero attached hydrogens (tertiary/aromatic N) is 4. The maximum Gasteiger partial charge on any atom is 0.332 e. The van der Waals surface area contributed by atoms with Gasteiger partial charge in [-0.1, -0.05) is 41.4 Å². The highest BCUT2D eigenvalue weighted by molar-refractivity contribution is 6.30. The number of halogens is 1. The van der Waals surface area contributed by atoms with Crippen molar-refractivity contribution in [1.82, 2.24) is 18.5 Å². The molecule has 3 aromatic heterocycles. The van der Waals surface area contributed by atoms with E-state index >= 15 is 0 Å². The molecule has 0 atom stereocenters. The Kier molecular flexibility index (Phi) is 4.15. The molecule has 0 saturated carbocycles. The number of aryl methyl sites for hydroxylation is 2. The second kappa shape index (κ2) is 6.74. The Morgan fingerprint density at radius 1 is 1.03 bits per heavy atom. The first kappa shape index (κ1) is 18.4. The van der Waals surface area contributed by atoms with Gasteiger partial charge in [-0.05, 0) is 36.8 Å². The van der Waals surface area contributed by atoms with Gasteiger partial charge in [-0.3, -0.25) is 18.3 Å². The lowest BCUT2D eigenvalue weighted by Crippen LogP contribution is -2.39. The van der Waals surface area contributed by atoms with E-state index in [-0.39, 0.29) is 18.0 Å². The Morgan fingerprint density at radius 2 is 1.73 bits per heavy atom. The van der Waals surface area contributed by atoms with Crippen molar-refractivity contribution < 1.29 is 4.42 Å². The monoisotopic (exact) mass is 420 g/mol. The van der Waals surface area contributed by atoms with Gasteiger partial charge in [0.25, 0.3) is 5.56 Å². The minimum Gasteiger partial charge on any atom is -0.423 e. The molecule has 0 spiro atoms. The molecule has 0 unspecified atom stereocenters. The van der Waals surface area contributed by atoms with Crippen molar-refractivity contribution in [1.29, 1.82) is 0 Å². The van der Waals surface area contributed by atoms with Crippen molar-refractivity contribution in [2.24, 2.45) is 7.05 Å². The molecule has 3 heterocycles. The predicted octanol–water partition coefficient (Wildman–Crippen LogP) is 3.62. The zero-order valence-electron chi connectivity index (χ0n) is 16.3. The van der Waals surface area contributed by atoms with E-state index in [4.69, 9.17) is 16.0 Å². The fourth-order valence-electron chi connectivity index (χ4n) is 3.52. The molecule has 0 radical (unpaired) electrons. The van der Waals surface area contributed by atoms with Crippen molar-refractivity contribution >= 4 is 28.6 Å². The molecule has 0 aliphatic carbocycles. The van der Waals surface area contributed by atoms with Gasteiger partial charge in [-0.15, -0.1) is 0 Å². The standard InChI is InChI=1S/C22H17ClN4O3/c1-13-3-5-14(6-4-13)11-27-20(28)18-19(25(2)22(27)29)24-21-26(18)12-17(30-21)15-7-9-16(23)10-8-15/h3-10,12H,11H2,1-2H3. The molecule has 0 aliphatic rings. The summed E-state index contributed by atoms with van der Waals surface area (Å²) < 4.78 is 10.0. The number of rotatable bonds is 3. The summed E-state index contributed by atoms with van der Waals surface area (Å²) in [6, 6.07) is 14.9. The second-order valence-electron chi connectivity index (χ2n) is 7.26. The highest BCUT2D eigenvalue weighted by Crippen LogP contribution is 2.25. The molecule has 8 heteroatoms. The van der Waals surface area contributed by atoms with Crippen molar-refractivity contribution in [3.8, 4) is 11.3 Å². The van der Waals surface area contributed by atoms with Gasteiger partial charge in [-0.2, -0.15) is 4.98 Å². The fraction of sp³-hybridized carbons (Fsp3) is 0.136. The third-order valence-electron chi connectivity index (χ3n) is 5.18. The summed E-state index contributed by atoms with van der Waals surface area (Å²) in [5.74, 6) is 0.796. The Bertz CT molecular complexity index is 1520. The van der Waals surface area contributed by atoms with Crippen LogP contribution in [0.4, 0.5) is 0 Å². The van der Waals surface area contributed by atoms with Gasteiger partial charge in [0.15, 0.2) is 16.9 Å². The first-order chi connectivity index (χ1) is 14.4. The second-order valence-corrected chi connectivity index (χ2v) is 7.69. The average Bonchev–Trinajstić information content (AvgIpc) is 3.30. The van der Waals surface area contributed by atoms with E-state index in [1.54, 1.807) is 29.8 Å². The molecule has 7 nitrogen and oxygen atoms in total. The number of hydrogen-bond acceptors (Lipinski definition) is 4. The third-order valence-corrected chi connectivity index (χ3v) is 5.43. The van der Waals surface area contributed by atoms with Crippen molar-refractivity contribution in [2.75, 3.05) is 0 Å². The number of oxazole rings is 1. The Hall–Kier alpha value is -3.58. The van der Waals surface area contributed by atoms with Gasteiger partial charge in [0.2, 0.25) is 0 Å². The highest BCUT2D eigenvalue weighted by Gasteiger charge is 2.20. The largest absolute Gasteiger partial charge is 0.423 e. The van der Waals surface area contributed by atoms with Crippen molar-refractivity contribution in [2.45, 2.75) is 13.5 Å². The number of imidazole rings is 1. The topological polar surface area (TPSA) is 74.4 Å². The van der Waals surface area contributed by atoms with Crippen molar-refractivity contribution in [3.63, 3.8) is 0 Å². The lowest BCUT2D eigenvalue weighted by atomic mass is 10.1. The van der Waals surface area contributed by atoms with Crippen LogP contribution in [-0.4, -0.2) is 18.5 Å². The minimum atomic E-state index is -0.424. The van der Waals surface area contributed by atoms with Crippen LogP contribution in [0.5, 0.6) is 0 Å². The molecule has 0 amide bonds. The van der Waals surface area contributed by atoms with Crippen LogP contribution < -0.4 is 11.2 Å². The number of benzene rings is 2. The molecule has 0 N–H and O–H groups in total. The number of hydrogen-bond donors (Lipinski definition) is 0. The molecule has 5 aromatic rings. The summed E-state index contributed by atoms with van der Waals surface area (Å²) in [4.78, 5) is 30.5. The quantitative estimate of drug-likeness (QED) is 0.447. The van der Waals surface area contributed by atoms with Gasteiger partial charge in [0, 0.05) is 17.6 Å². The normalized spacial score (nSPS) is 11.6. The van der Waals surface area contributed by atoms with Crippen LogP contribution in [0.3, 0.4) is 0 Å². The van der Waals surface area contributed by atoms with E-state index in [1.807, 2.05) is 43.3 Å². The molecule has 0 bridgehead atoms. The summed E-state index contributed by atoms with van der Waals surface area (Å²) in [6.45, 7) is 2.16. The molecule has 2 aromatic carbocycles. The average molecular weight is 421 g/mol. The predicted molar refractivity (Wildman–Crippen MR) is 115 cm³/mol. The molecule has 150 valence electrons. The van der Waals surface area contributed by atoms with E-state index in [1.165, 1.54) is 9.13 Å². The molecule has 5 rings (SSSR count). The number of aromatic nitrogens is 4. The van der Waals surface area contributed by atoms with E-state index < -0.39 is 11.2 Å². The van der Waals surface area contributed by atoms with E-state index in [2.05, 4.69) is 4.98 Å². The van der Waals surface area contributed by atoms with Crippen LogP contribution >= 0.6 is 11.6 Å². The molecule has 0 saturated heterocycles. The molecular formula is C22H17ClN4O3. The molecule has 30 heavy (non-hydrogen) atoms. The van der Waals surface area contributed by atoms with Crippen LogP contribution in [0.1, 0.15) is 11.1 Å².